The number of ether oxygens (including phenoxy) is 1. The number of rotatable bonds is 6. The van der Waals surface area contributed by atoms with Gasteiger partial charge in [0.05, 0.1) is 23.8 Å². The molecular weight excluding hydrogens is 312 g/mol. The van der Waals surface area contributed by atoms with Gasteiger partial charge in [-0.15, -0.1) is 0 Å². The second kappa shape index (κ2) is 6.74. The van der Waals surface area contributed by atoms with E-state index >= 15 is 0 Å². The van der Waals surface area contributed by atoms with E-state index in [4.69, 9.17) is 19.4 Å². The van der Waals surface area contributed by atoms with Crippen LogP contribution in [0, 0.1) is 11.6 Å². The molecule has 0 unspecified atom stereocenters. The molecular formula is C13H20B2F2O6. The first-order valence-corrected chi connectivity index (χ1v) is 6.83. The van der Waals surface area contributed by atoms with E-state index in [2.05, 4.69) is 0 Å². The summed E-state index contributed by atoms with van der Waals surface area (Å²) in [5, 5.41) is 38.4. The maximum atomic E-state index is 14.3. The molecule has 10 heteroatoms. The molecule has 6 nitrogen and oxygen atoms in total. The summed E-state index contributed by atoms with van der Waals surface area (Å²) in [4.78, 5) is 0. The summed E-state index contributed by atoms with van der Waals surface area (Å²) in [5.74, 6) is -3.16. The molecule has 0 aliphatic heterocycles. The van der Waals surface area contributed by atoms with Crippen LogP contribution in [0.2, 0.25) is 0 Å². The lowest BCUT2D eigenvalue weighted by atomic mass is 9.70. The summed E-state index contributed by atoms with van der Waals surface area (Å²) in [6.45, 7) is 5.81. The molecule has 0 aliphatic rings. The standard InChI is InChI=1S/C13H20B2F2O6/c1-12(2,18)13(3,4)23-15(21)7-6-8(22-5)11(17)9(10(7)16)14(19)20/h6,18-21H,1-5H3. The van der Waals surface area contributed by atoms with Crippen molar-refractivity contribution in [1.82, 2.24) is 0 Å². The maximum absolute atomic E-state index is 14.3. The van der Waals surface area contributed by atoms with Crippen LogP contribution in [0.5, 0.6) is 5.75 Å². The molecule has 0 amide bonds. The van der Waals surface area contributed by atoms with Gasteiger partial charge in [-0.25, -0.2) is 8.78 Å². The van der Waals surface area contributed by atoms with Crippen LogP contribution in [0.25, 0.3) is 0 Å². The maximum Gasteiger partial charge on any atom is 0.494 e. The van der Waals surface area contributed by atoms with Crippen molar-refractivity contribution in [3.05, 3.63) is 17.7 Å². The Labute approximate surface area is 134 Å². The van der Waals surface area contributed by atoms with Gasteiger partial charge in [0.2, 0.25) is 0 Å². The molecule has 0 aliphatic carbocycles. The van der Waals surface area contributed by atoms with Crippen molar-refractivity contribution in [2.45, 2.75) is 38.9 Å². The van der Waals surface area contributed by atoms with Gasteiger partial charge in [0.15, 0.2) is 11.6 Å². The van der Waals surface area contributed by atoms with Crippen molar-refractivity contribution < 1.29 is 38.4 Å². The van der Waals surface area contributed by atoms with Gasteiger partial charge in [0.25, 0.3) is 0 Å². The van der Waals surface area contributed by atoms with Gasteiger partial charge in [-0.05, 0) is 33.8 Å². The molecule has 0 heterocycles. The van der Waals surface area contributed by atoms with Crippen LogP contribution in [0.15, 0.2) is 6.07 Å². The van der Waals surface area contributed by atoms with Crippen molar-refractivity contribution in [2.24, 2.45) is 0 Å². The molecule has 23 heavy (non-hydrogen) atoms. The van der Waals surface area contributed by atoms with Gasteiger partial charge in [0, 0.05) is 5.46 Å². The lowest BCUT2D eigenvalue weighted by Gasteiger charge is -2.38. The third-order valence-electron chi connectivity index (χ3n) is 3.85. The zero-order valence-corrected chi connectivity index (χ0v) is 13.6. The normalized spacial score (nSPS) is 12.3. The number of halogens is 2. The van der Waals surface area contributed by atoms with Crippen molar-refractivity contribution in [3.63, 3.8) is 0 Å². The lowest BCUT2D eigenvalue weighted by molar-refractivity contribution is -0.0983. The minimum Gasteiger partial charge on any atom is -0.494 e. The number of benzene rings is 1. The molecule has 4 N–H and O–H groups in total. The molecule has 0 atom stereocenters. The second-order valence-corrected chi connectivity index (χ2v) is 6.12. The molecule has 0 bridgehead atoms. The highest BCUT2D eigenvalue weighted by Crippen LogP contribution is 2.26. The van der Waals surface area contributed by atoms with Gasteiger partial charge in [-0.3, -0.25) is 0 Å². The molecule has 0 saturated heterocycles. The highest BCUT2D eigenvalue weighted by Gasteiger charge is 2.41. The number of hydrogen-bond acceptors (Lipinski definition) is 6. The minimum atomic E-state index is -2.45. The van der Waals surface area contributed by atoms with Crippen LogP contribution in [0.1, 0.15) is 27.7 Å². The van der Waals surface area contributed by atoms with Crippen LogP contribution in [0.3, 0.4) is 0 Å². The lowest BCUT2D eigenvalue weighted by Crippen LogP contribution is -2.54. The van der Waals surface area contributed by atoms with Crippen LogP contribution in [-0.4, -0.2) is 52.7 Å². The number of aliphatic hydroxyl groups is 1. The van der Waals surface area contributed by atoms with E-state index in [1.165, 1.54) is 27.7 Å². The first kappa shape index (κ1) is 19.9. The van der Waals surface area contributed by atoms with Crippen LogP contribution < -0.4 is 15.7 Å². The zero-order chi connectivity index (χ0) is 18.2. The van der Waals surface area contributed by atoms with Gasteiger partial charge >= 0.3 is 14.2 Å². The van der Waals surface area contributed by atoms with Crippen molar-refractivity contribution >= 4 is 25.2 Å². The van der Waals surface area contributed by atoms with Crippen molar-refractivity contribution in [2.75, 3.05) is 7.11 Å². The zero-order valence-electron chi connectivity index (χ0n) is 13.6. The third kappa shape index (κ3) is 4.02. The van der Waals surface area contributed by atoms with Crippen LogP contribution in [0.4, 0.5) is 8.78 Å². The number of hydrogen-bond donors (Lipinski definition) is 4. The van der Waals surface area contributed by atoms with Crippen LogP contribution in [-0.2, 0) is 4.65 Å². The first-order valence-electron chi connectivity index (χ1n) is 6.83. The van der Waals surface area contributed by atoms with E-state index in [-0.39, 0.29) is 0 Å². The first-order chi connectivity index (χ1) is 10.3. The predicted octanol–water partition coefficient (Wildman–Crippen LogP) is -1.09. The fraction of sp³-hybridized carbons (Fsp3) is 0.538. The molecule has 0 spiro atoms. The quantitative estimate of drug-likeness (QED) is 0.494. The van der Waals surface area contributed by atoms with E-state index in [1.54, 1.807) is 0 Å². The van der Waals surface area contributed by atoms with E-state index < -0.39 is 53.7 Å². The van der Waals surface area contributed by atoms with Crippen LogP contribution >= 0.6 is 0 Å². The molecule has 128 valence electrons. The SMILES string of the molecule is COc1cc(B(O)OC(C)(C)C(C)(C)O)c(F)c(B(O)O)c1F. The largest absolute Gasteiger partial charge is 0.494 e. The summed E-state index contributed by atoms with van der Waals surface area (Å²) >= 11 is 0. The third-order valence-corrected chi connectivity index (χ3v) is 3.85. The molecule has 1 aromatic rings. The molecule has 0 aromatic heterocycles. The topological polar surface area (TPSA) is 99.4 Å². The minimum absolute atomic E-state index is 0.492. The Morgan fingerprint density at radius 1 is 1.04 bits per heavy atom. The summed E-state index contributed by atoms with van der Waals surface area (Å²) < 4.78 is 38.2. The highest BCUT2D eigenvalue weighted by atomic mass is 19.1. The Kier molecular flexibility index (Phi) is 5.82. The van der Waals surface area contributed by atoms with E-state index in [0.29, 0.717) is 0 Å². The summed E-state index contributed by atoms with van der Waals surface area (Å²) in [6.07, 6.45) is 0. The molecule has 0 radical (unpaired) electrons. The van der Waals surface area contributed by atoms with E-state index in [0.717, 1.165) is 13.2 Å². The molecule has 0 fully saturated rings. The molecule has 0 saturated carbocycles. The predicted molar refractivity (Wildman–Crippen MR) is 81.8 cm³/mol. The molecule has 1 aromatic carbocycles. The van der Waals surface area contributed by atoms with Crippen molar-refractivity contribution in [3.8, 4) is 5.75 Å². The highest BCUT2D eigenvalue weighted by molar-refractivity contribution is 6.63. The Hall–Kier alpha value is -1.19. The summed E-state index contributed by atoms with van der Waals surface area (Å²) in [6, 6.07) is 0.849. The fourth-order valence-corrected chi connectivity index (χ4v) is 1.69. The molecule has 1 rings (SSSR count). The summed E-state index contributed by atoms with van der Waals surface area (Å²) in [5.41, 5.74) is -4.29. The Morgan fingerprint density at radius 2 is 1.57 bits per heavy atom. The average Bonchev–Trinajstić information content (AvgIpc) is 2.36. The van der Waals surface area contributed by atoms with Gasteiger partial charge in [-0.1, -0.05) is 0 Å². The number of methoxy groups -OCH3 is 1. The average molecular weight is 332 g/mol. The monoisotopic (exact) mass is 332 g/mol. The van der Waals surface area contributed by atoms with Gasteiger partial charge < -0.3 is 29.6 Å². The van der Waals surface area contributed by atoms with Gasteiger partial charge in [-0.2, -0.15) is 0 Å². The fourth-order valence-electron chi connectivity index (χ4n) is 1.69. The summed E-state index contributed by atoms with van der Waals surface area (Å²) in [7, 11) is -3.25. The smallest absolute Gasteiger partial charge is 0.494 e. The Balaban J connectivity index is 3.35. The van der Waals surface area contributed by atoms with Gasteiger partial charge in [0.1, 0.15) is 5.82 Å². The van der Waals surface area contributed by atoms with E-state index in [1.807, 2.05) is 0 Å². The van der Waals surface area contributed by atoms with Crippen molar-refractivity contribution in [1.29, 1.82) is 0 Å². The Bertz CT molecular complexity index is 575. The second-order valence-electron chi connectivity index (χ2n) is 6.12. The Morgan fingerprint density at radius 3 is 1.96 bits per heavy atom. The van der Waals surface area contributed by atoms with E-state index in [9.17, 15) is 18.9 Å².